The largest absolute Gasteiger partial charge is 0.497 e. The van der Waals surface area contributed by atoms with Crippen molar-refractivity contribution >= 4 is 28.5 Å². The lowest BCUT2D eigenvalue weighted by Crippen LogP contribution is -2.37. The summed E-state index contributed by atoms with van der Waals surface area (Å²) in [5, 5.41) is 4.04. The van der Waals surface area contributed by atoms with E-state index in [1.54, 1.807) is 12.0 Å². The second kappa shape index (κ2) is 10.4. The number of hydrogen-bond donors (Lipinski definition) is 0. The molecular formula is C22H24IN3O4. The third kappa shape index (κ3) is 6.19. The Morgan fingerprint density at radius 1 is 1.10 bits per heavy atom. The SMILES string of the molecule is COc1ccc(-c2noc(CN(CC(C)C)C(=O)COc3ccc(I)cc3)n2)cc1. The van der Waals surface area contributed by atoms with Crippen molar-refractivity contribution in [3.05, 3.63) is 58.0 Å². The number of aromatic nitrogens is 2. The highest BCUT2D eigenvalue weighted by Gasteiger charge is 2.20. The van der Waals surface area contributed by atoms with Gasteiger partial charge in [-0.05, 0) is 77.0 Å². The second-order valence-electron chi connectivity index (χ2n) is 7.15. The molecule has 30 heavy (non-hydrogen) atoms. The van der Waals surface area contributed by atoms with Gasteiger partial charge in [0.2, 0.25) is 11.7 Å². The van der Waals surface area contributed by atoms with Crippen LogP contribution < -0.4 is 9.47 Å². The van der Waals surface area contributed by atoms with Crippen LogP contribution in [0.3, 0.4) is 0 Å². The quantitative estimate of drug-likeness (QED) is 0.389. The smallest absolute Gasteiger partial charge is 0.260 e. The number of carbonyl (C=O) groups is 1. The van der Waals surface area contributed by atoms with Gasteiger partial charge in [0.1, 0.15) is 18.0 Å². The van der Waals surface area contributed by atoms with Gasteiger partial charge >= 0.3 is 0 Å². The molecular weight excluding hydrogens is 497 g/mol. The predicted octanol–water partition coefficient (Wildman–Crippen LogP) is 4.41. The maximum atomic E-state index is 12.8. The van der Waals surface area contributed by atoms with Crippen molar-refractivity contribution < 1.29 is 18.8 Å². The van der Waals surface area contributed by atoms with Crippen LogP contribution in [-0.2, 0) is 11.3 Å². The van der Waals surface area contributed by atoms with Gasteiger partial charge in [-0.2, -0.15) is 4.98 Å². The molecule has 0 atom stereocenters. The maximum Gasteiger partial charge on any atom is 0.260 e. The molecule has 158 valence electrons. The van der Waals surface area contributed by atoms with Crippen LogP contribution in [0.5, 0.6) is 11.5 Å². The van der Waals surface area contributed by atoms with Gasteiger partial charge in [0, 0.05) is 15.7 Å². The second-order valence-corrected chi connectivity index (χ2v) is 8.40. The Balaban J connectivity index is 1.65. The first-order valence-electron chi connectivity index (χ1n) is 9.57. The lowest BCUT2D eigenvalue weighted by atomic mass is 10.2. The zero-order valence-corrected chi connectivity index (χ0v) is 19.3. The van der Waals surface area contributed by atoms with Crippen LogP contribution in [-0.4, -0.2) is 41.2 Å². The Kier molecular flexibility index (Phi) is 7.67. The monoisotopic (exact) mass is 521 g/mol. The number of ether oxygens (including phenoxy) is 2. The van der Waals surface area contributed by atoms with E-state index in [0.29, 0.717) is 24.0 Å². The summed E-state index contributed by atoms with van der Waals surface area (Å²) in [5.74, 6) is 2.42. The molecule has 0 saturated carbocycles. The normalized spacial score (nSPS) is 10.8. The number of benzene rings is 2. The summed E-state index contributed by atoms with van der Waals surface area (Å²) >= 11 is 2.22. The topological polar surface area (TPSA) is 77.7 Å². The van der Waals surface area contributed by atoms with Crippen LogP contribution in [0.15, 0.2) is 53.1 Å². The molecule has 0 bridgehead atoms. The van der Waals surface area contributed by atoms with E-state index >= 15 is 0 Å². The molecule has 0 aliphatic heterocycles. The van der Waals surface area contributed by atoms with E-state index in [2.05, 4.69) is 46.6 Å². The molecule has 0 aliphatic carbocycles. The molecule has 0 spiro atoms. The standard InChI is InChI=1S/C22H24IN3O4/c1-15(2)12-26(21(27)14-29-19-10-6-17(23)7-11-19)13-20-24-22(25-30-20)16-4-8-18(28-3)9-5-16/h4-11,15H,12-14H2,1-3H3. The maximum absolute atomic E-state index is 12.8. The van der Waals surface area contributed by atoms with Gasteiger partial charge in [-0.15, -0.1) is 0 Å². The summed E-state index contributed by atoms with van der Waals surface area (Å²) in [5.41, 5.74) is 0.814. The summed E-state index contributed by atoms with van der Waals surface area (Å²) in [7, 11) is 1.62. The predicted molar refractivity (Wildman–Crippen MR) is 121 cm³/mol. The van der Waals surface area contributed by atoms with Gasteiger partial charge in [0.15, 0.2) is 6.61 Å². The van der Waals surface area contributed by atoms with E-state index in [1.807, 2.05) is 48.5 Å². The number of amides is 1. The van der Waals surface area contributed by atoms with Crippen molar-refractivity contribution in [2.75, 3.05) is 20.3 Å². The zero-order valence-electron chi connectivity index (χ0n) is 17.2. The molecule has 1 heterocycles. The Morgan fingerprint density at radius 2 is 1.77 bits per heavy atom. The third-order valence-corrected chi connectivity index (χ3v) is 4.98. The lowest BCUT2D eigenvalue weighted by Gasteiger charge is -2.23. The number of carbonyl (C=O) groups excluding carboxylic acids is 1. The van der Waals surface area contributed by atoms with Gasteiger partial charge in [-0.25, -0.2) is 0 Å². The molecule has 7 nitrogen and oxygen atoms in total. The zero-order chi connectivity index (χ0) is 21.5. The average molecular weight is 521 g/mol. The fourth-order valence-corrected chi connectivity index (χ4v) is 3.16. The van der Waals surface area contributed by atoms with E-state index < -0.39 is 0 Å². The Hall–Kier alpha value is -2.62. The fourth-order valence-electron chi connectivity index (χ4n) is 2.80. The highest BCUT2D eigenvalue weighted by molar-refractivity contribution is 14.1. The first-order chi connectivity index (χ1) is 14.4. The van der Waals surface area contributed by atoms with E-state index in [1.165, 1.54) is 0 Å². The summed E-state index contributed by atoms with van der Waals surface area (Å²) < 4.78 is 17.3. The van der Waals surface area contributed by atoms with E-state index in [4.69, 9.17) is 14.0 Å². The van der Waals surface area contributed by atoms with E-state index in [-0.39, 0.29) is 25.0 Å². The first kappa shape index (κ1) is 22.1. The van der Waals surface area contributed by atoms with Crippen molar-refractivity contribution in [1.29, 1.82) is 0 Å². The minimum atomic E-state index is -0.133. The van der Waals surface area contributed by atoms with Crippen LogP contribution in [0, 0.1) is 9.49 Å². The molecule has 1 aromatic heterocycles. The van der Waals surface area contributed by atoms with Gasteiger partial charge < -0.3 is 18.9 Å². The summed E-state index contributed by atoms with van der Waals surface area (Å²) in [6, 6.07) is 15.0. The molecule has 0 N–H and O–H groups in total. The molecule has 1 amide bonds. The molecule has 3 aromatic rings. The third-order valence-electron chi connectivity index (χ3n) is 4.26. The number of nitrogens with zero attached hydrogens (tertiary/aromatic N) is 3. The highest BCUT2D eigenvalue weighted by Crippen LogP contribution is 2.20. The number of halogens is 1. The van der Waals surface area contributed by atoms with Gasteiger partial charge in [0.25, 0.3) is 5.91 Å². The molecule has 0 fully saturated rings. The van der Waals surface area contributed by atoms with Crippen LogP contribution in [0.1, 0.15) is 19.7 Å². The van der Waals surface area contributed by atoms with Gasteiger partial charge in [0.05, 0.1) is 7.11 Å². The van der Waals surface area contributed by atoms with Crippen LogP contribution in [0.4, 0.5) is 0 Å². The van der Waals surface area contributed by atoms with Crippen LogP contribution >= 0.6 is 22.6 Å². The summed E-state index contributed by atoms with van der Waals surface area (Å²) in [4.78, 5) is 18.9. The minimum Gasteiger partial charge on any atom is -0.497 e. The van der Waals surface area contributed by atoms with Crippen molar-refractivity contribution in [1.82, 2.24) is 15.0 Å². The molecule has 0 radical (unpaired) electrons. The van der Waals surface area contributed by atoms with Crippen molar-refractivity contribution in [2.24, 2.45) is 5.92 Å². The van der Waals surface area contributed by atoms with Crippen LogP contribution in [0.25, 0.3) is 11.4 Å². The summed E-state index contributed by atoms with van der Waals surface area (Å²) in [6.07, 6.45) is 0. The molecule has 8 heteroatoms. The number of hydrogen-bond acceptors (Lipinski definition) is 6. The number of methoxy groups -OCH3 is 1. The van der Waals surface area contributed by atoms with E-state index in [9.17, 15) is 4.79 Å². The molecule has 2 aromatic carbocycles. The molecule has 3 rings (SSSR count). The van der Waals surface area contributed by atoms with E-state index in [0.717, 1.165) is 14.9 Å². The van der Waals surface area contributed by atoms with Crippen molar-refractivity contribution in [2.45, 2.75) is 20.4 Å². The minimum absolute atomic E-state index is 0.0488. The van der Waals surface area contributed by atoms with Gasteiger partial charge in [-0.1, -0.05) is 19.0 Å². The molecule has 0 aliphatic rings. The Labute approximate surface area is 189 Å². The highest BCUT2D eigenvalue weighted by atomic mass is 127. The Bertz CT molecular complexity index is 955. The van der Waals surface area contributed by atoms with Gasteiger partial charge in [-0.3, -0.25) is 4.79 Å². The first-order valence-corrected chi connectivity index (χ1v) is 10.7. The number of rotatable bonds is 9. The average Bonchev–Trinajstić information content (AvgIpc) is 3.21. The molecule has 0 saturated heterocycles. The van der Waals surface area contributed by atoms with Crippen molar-refractivity contribution in [3.8, 4) is 22.9 Å². The lowest BCUT2D eigenvalue weighted by molar-refractivity contribution is -0.134. The Morgan fingerprint density at radius 3 is 2.40 bits per heavy atom. The van der Waals surface area contributed by atoms with Crippen molar-refractivity contribution in [3.63, 3.8) is 0 Å². The summed E-state index contributed by atoms with van der Waals surface area (Å²) in [6.45, 7) is 4.85. The fraction of sp³-hybridized carbons (Fsp3) is 0.318. The molecule has 0 unspecified atom stereocenters. The van der Waals surface area contributed by atoms with Crippen LogP contribution in [0.2, 0.25) is 0 Å².